The van der Waals surface area contributed by atoms with Crippen molar-refractivity contribution >= 4 is 17.4 Å². The zero-order valence-electron chi connectivity index (χ0n) is 20.0. The van der Waals surface area contributed by atoms with Crippen LogP contribution < -0.4 is 0 Å². The van der Waals surface area contributed by atoms with Crippen LogP contribution in [0.1, 0.15) is 44.0 Å². The molecule has 0 spiro atoms. The molecule has 4 aromatic rings. The molecule has 2 aliphatic heterocycles. The van der Waals surface area contributed by atoms with Crippen molar-refractivity contribution in [2.75, 3.05) is 13.1 Å². The zero-order chi connectivity index (χ0) is 25.4. The van der Waals surface area contributed by atoms with Crippen molar-refractivity contribution < 1.29 is 14.0 Å². The van der Waals surface area contributed by atoms with Crippen LogP contribution in [0.25, 0.3) is 11.3 Å². The van der Waals surface area contributed by atoms with Crippen molar-refractivity contribution in [2.24, 2.45) is 0 Å². The first-order valence-electron chi connectivity index (χ1n) is 12.2. The van der Waals surface area contributed by atoms with Crippen LogP contribution in [0.5, 0.6) is 0 Å². The molecule has 0 bridgehead atoms. The van der Waals surface area contributed by atoms with E-state index in [0.717, 1.165) is 36.5 Å². The van der Waals surface area contributed by atoms with Crippen molar-refractivity contribution in [3.63, 3.8) is 0 Å². The zero-order valence-corrected chi connectivity index (χ0v) is 20.0. The summed E-state index contributed by atoms with van der Waals surface area (Å²) in [6.45, 7) is 2.52. The lowest BCUT2D eigenvalue weighted by atomic mass is 9.98. The second kappa shape index (κ2) is 9.55. The van der Waals surface area contributed by atoms with Gasteiger partial charge in [0.25, 0.3) is 11.8 Å². The van der Waals surface area contributed by atoms with E-state index in [0.29, 0.717) is 28.1 Å². The highest BCUT2D eigenvalue weighted by molar-refractivity contribution is 6.21. The molecule has 0 atom stereocenters. The molecule has 3 heterocycles. The third kappa shape index (κ3) is 4.47. The number of carbonyl (C=O) groups is 2. The third-order valence-corrected chi connectivity index (χ3v) is 6.84. The van der Waals surface area contributed by atoms with Crippen LogP contribution >= 0.6 is 0 Å². The molecule has 0 unspecified atom stereocenters. The summed E-state index contributed by atoms with van der Waals surface area (Å²) in [6.07, 6.45) is 4.48. The first kappa shape index (κ1) is 23.0. The molecule has 6 rings (SSSR count). The van der Waals surface area contributed by atoms with Crippen LogP contribution in [-0.2, 0) is 13.1 Å². The fourth-order valence-electron chi connectivity index (χ4n) is 4.89. The molecule has 0 saturated carbocycles. The van der Waals surface area contributed by atoms with Gasteiger partial charge in [-0.05, 0) is 41.8 Å². The van der Waals surface area contributed by atoms with Gasteiger partial charge < -0.3 is 0 Å². The van der Waals surface area contributed by atoms with E-state index in [9.17, 15) is 9.59 Å². The van der Waals surface area contributed by atoms with Gasteiger partial charge in [0.1, 0.15) is 11.5 Å². The van der Waals surface area contributed by atoms with Gasteiger partial charge in [-0.3, -0.25) is 19.4 Å². The van der Waals surface area contributed by atoms with E-state index in [2.05, 4.69) is 33.4 Å². The fraction of sp³-hybridized carbons (Fsp3) is 0.172. The number of hydrogen-bond donors (Lipinski definition) is 0. The SMILES string of the molecule is O=C1c2ccccc2C(=O)N1Cc1cn(-c2ccc(C3=CCN(Cc4ccccc4)CC3)c(F)c2)nn1. The predicted octanol–water partition coefficient (Wildman–Crippen LogP) is 4.49. The molecular weight excluding hydrogens is 469 g/mol. The van der Waals surface area contributed by atoms with Crippen LogP contribution in [0.4, 0.5) is 4.39 Å². The summed E-state index contributed by atoms with van der Waals surface area (Å²) in [5, 5.41) is 8.19. The maximum absolute atomic E-state index is 15.1. The number of nitrogens with zero attached hydrogens (tertiary/aromatic N) is 5. The quantitative estimate of drug-likeness (QED) is 0.370. The second-order valence-corrected chi connectivity index (χ2v) is 9.26. The van der Waals surface area contributed by atoms with E-state index in [1.54, 1.807) is 42.6 Å². The molecule has 0 fully saturated rings. The van der Waals surface area contributed by atoms with Crippen LogP contribution in [0.15, 0.2) is 85.1 Å². The van der Waals surface area contributed by atoms with Crippen LogP contribution in [0, 0.1) is 5.82 Å². The number of rotatable bonds is 6. The van der Waals surface area contributed by atoms with Crippen molar-refractivity contribution in [2.45, 2.75) is 19.5 Å². The van der Waals surface area contributed by atoms with Crippen molar-refractivity contribution in [1.29, 1.82) is 0 Å². The standard InChI is InChI=1S/C29H24FN5O2/c30-27-16-23(10-11-24(27)21-12-14-33(15-13-21)17-20-6-2-1-3-7-20)35-19-22(31-32-35)18-34-28(36)25-8-4-5-9-26(25)29(34)37/h1-12,16,19H,13-15,17-18H2. The number of halogens is 1. The molecule has 3 aromatic carbocycles. The highest BCUT2D eigenvalue weighted by Crippen LogP contribution is 2.27. The molecule has 8 heteroatoms. The van der Waals surface area contributed by atoms with Gasteiger partial charge in [0.15, 0.2) is 0 Å². The second-order valence-electron chi connectivity index (χ2n) is 9.26. The Morgan fingerprint density at radius 1 is 0.838 bits per heavy atom. The molecule has 37 heavy (non-hydrogen) atoms. The Hall–Kier alpha value is -4.43. The topological polar surface area (TPSA) is 71.3 Å². The van der Waals surface area contributed by atoms with Gasteiger partial charge in [-0.1, -0.05) is 53.8 Å². The molecule has 0 radical (unpaired) electrons. The molecule has 0 aliphatic carbocycles. The number of hydrogen-bond acceptors (Lipinski definition) is 5. The van der Waals surface area contributed by atoms with Crippen molar-refractivity contribution in [1.82, 2.24) is 24.8 Å². The van der Waals surface area contributed by atoms with E-state index in [1.807, 2.05) is 18.2 Å². The summed E-state index contributed by atoms with van der Waals surface area (Å²) in [7, 11) is 0. The smallest absolute Gasteiger partial charge is 0.261 e. The number of amides is 2. The van der Waals surface area contributed by atoms with Gasteiger partial charge in [0.2, 0.25) is 0 Å². The van der Waals surface area contributed by atoms with E-state index in [1.165, 1.54) is 16.3 Å². The highest BCUT2D eigenvalue weighted by atomic mass is 19.1. The largest absolute Gasteiger partial charge is 0.295 e. The Morgan fingerprint density at radius 2 is 1.57 bits per heavy atom. The van der Waals surface area contributed by atoms with Crippen molar-refractivity contribution in [3.05, 3.63) is 119 Å². The number of carbonyl (C=O) groups excluding carboxylic acids is 2. The lowest BCUT2D eigenvalue weighted by molar-refractivity contribution is 0.0640. The Bertz CT molecular complexity index is 1490. The monoisotopic (exact) mass is 493 g/mol. The van der Waals surface area contributed by atoms with E-state index in [4.69, 9.17) is 0 Å². The minimum atomic E-state index is -0.353. The molecule has 1 aromatic heterocycles. The van der Waals surface area contributed by atoms with E-state index in [-0.39, 0.29) is 24.2 Å². The summed E-state index contributed by atoms with van der Waals surface area (Å²) in [4.78, 5) is 28.7. The number of benzene rings is 3. The Balaban J connectivity index is 1.14. The predicted molar refractivity (Wildman–Crippen MR) is 136 cm³/mol. The molecule has 7 nitrogen and oxygen atoms in total. The minimum Gasteiger partial charge on any atom is -0.295 e. The lowest BCUT2D eigenvalue weighted by Crippen LogP contribution is -2.29. The summed E-state index contributed by atoms with van der Waals surface area (Å²) < 4.78 is 16.6. The Kier molecular flexibility index (Phi) is 5.94. The van der Waals surface area contributed by atoms with Crippen LogP contribution in [0.2, 0.25) is 0 Å². The van der Waals surface area contributed by atoms with Gasteiger partial charge in [-0.15, -0.1) is 5.10 Å². The first-order valence-corrected chi connectivity index (χ1v) is 12.2. The molecule has 2 aliphatic rings. The lowest BCUT2D eigenvalue weighted by Gasteiger charge is -2.26. The maximum atomic E-state index is 15.1. The molecular formula is C29H24FN5O2. The van der Waals surface area contributed by atoms with Gasteiger partial charge in [0, 0.05) is 31.3 Å². The molecule has 2 amide bonds. The summed E-state index contributed by atoms with van der Waals surface area (Å²) >= 11 is 0. The normalized spacial score (nSPS) is 15.7. The van der Waals surface area contributed by atoms with Gasteiger partial charge in [-0.2, -0.15) is 0 Å². The fourth-order valence-corrected chi connectivity index (χ4v) is 4.89. The summed E-state index contributed by atoms with van der Waals surface area (Å²) in [6, 6.07) is 22.1. The van der Waals surface area contributed by atoms with Gasteiger partial charge in [0.05, 0.1) is 29.6 Å². The van der Waals surface area contributed by atoms with E-state index >= 15 is 4.39 Å². The summed E-state index contributed by atoms with van der Waals surface area (Å²) in [5.41, 5.74) is 4.59. The van der Waals surface area contributed by atoms with Gasteiger partial charge >= 0.3 is 0 Å². The Morgan fingerprint density at radius 3 is 2.24 bits per heavy atom. The number of aromatic nitrogens is 3. The highest BCUT2D eigenvalue weighted by Gasteiger charge is 2.35. The average molecular weight is 494 g/mol. The summed E-state index contributed by atoms with van der Waals surface area (Å²) in [5.74, 6) is -1.03. The van der Waals surface area contributed by atoms with Crippen LogP contribution in [-0.4, -0.2) is 49.7 Å². The molecule has 0 N–H and O–H groups in total. The number of fused-ring (bicyclic) bond motifs is 1. The number of imide groups is 1. The van der Waals surface area contributed by atoms with E-state index < -0.39 is 0 Å². The molecule has 184 valence electrons. The minimum absolute atomic E-state index is 0.000715. The maximum Gasteiger partial charge on any atom is 0.261 e. The Labute approximate surface area is 213 Å². The first-order chi connectivity index (χ1) is 18.1. The third-order valence-electron chi connectivity index (χ3n) is 6.84. The van der Waals surface area contributed by atoms with Crippen LogP contribution in [0.3, 0.4) is 0 Å². The van der Waals surface area contributed by atoms with Gasteiger partial charge in [-0.25, -0.2) is 9.07 Å². The average Bonchev–Trinajstić information content (AvgIpc) is 3.49. The van der Waals surface area contributed by atoms with Crippen molar-refractivity contribution in [3.8, 4) is 5.69 Å². The molecule has 0 saturated heterocycles.